The van der Waals surface area contributed by atoms with E-state index >= 15 is 0 Å². The van der Waals surface area contributed by atoms with E-state index < -0.39 is 11.2 Å². The van der Waals surface area contributed by atoms with E-state index in [1.807, 2.05) is 54.2 Å². The highest BCUT2D eigenvalue weighted by molar-refractivity contribution is 14.1. The number of aromatic amines is 1. The first kappa shape index (κ1) is 35.0. The van der Waals surface area contributed by atoms with Crippen LogP contribution in [0.4, 0.5) is 0 Å². The SMILES string of the molecule is Ic1cn(Cc2ccccc2)cn1.O=C1COC1.OC1(c2cn(Cc3ccccc3)cn2)COC1.OC1(c2cnc[nH]2)COC1.[2H]PC. The maximum atomic E-state index is 10.1. The molecule has 1 atom stereocenters. The Labute approximate surface area is 291 Å². The fraction of sp³-hybridized carbons (Fsp3) is 0.333. The smallest absolute Gasteiger partial charge is 0.184 e. The molecule has 3 N–H and O–H groups in total. The highest BCUT2D eigenvalue weighted by atomic mass is 127. The summed E-state index contributed by atoms with van der Waals surface area (Å²) in [4.78, 5) is 24.8. The van der Waals surface area contributed by atoms with E-state index in [4.69, 9.17) is 10.8 Å². The summed E-state index contributed by atoms with van der Waals surface area (Å²) in [5.74, 6) is 0.213. The van der Waals surface area contributed by atoms with Crippen LogP contribution in [-0.4, -0.2) is 92.7 Å². The summed E-state index contributed by atoms with van der Waals surface area (Å²) in [6, 6.07) is 20.5. The molecule has 14 heteroatoms. The Kier molecular flexibility index (Phi) is 13.6. The third kappa shape index (κ3) is 11.1. The summed E-state index contributed by atoms with van der Waals surface area (Å²) in [5.41, 5.74) is 2.28. The molecule has 8 rings (SSSR count). The normalized spacial score (nSPS) is 16.9. The van der Waals surface area contributed by atoms with Crippen molar-refractivity contribution in [3.63, 3.8) is 0 Å². The van der Waals surface area contributed by atoms with Crippen LogP contribution in [0.15, 0.2) is 98.2 Å². The maximum Gasteiger partial charge on any atom is 0.184 e. The van der Waals surface area contributed by atoms with Crippen molar-refractivity contribution in [2.75, 3.05) is 46.3 Å². The molecular formula is C33H40IN6O6P. The molecule has 3 aromatic heterocycles. The number of aromatic nitrogens is 6. The number of carbonyl (C=O) groups is 1. The van der Waals surface area contributed by atoms with Gasteiger partial charge >= 0.3 is 0 Å². The number of hydrogen-bond donors (Lipinski definition) is 3. The van der Waals surface area contributed by atoms with Crippen LogP contribution in [-0.2, 0) is 43.3 Å². The van der Waals surface area contributed by atoms with Gasteiger partial charge in [-0.1, -0.05) is 67.3 Å². The predicted octanol–water partition coefficient (Wildman–Crippen LogP) is 3.39. The first-order chi connectivity index (χ1) is 23.2. The lowest BCUT2D eigenvalue weighted by Gasteiger charge is -2.34. The summed E-state index contributed by atoms with van der Waals surface area (Å²) < 4.78 is 25.7. The lowest BCUT2D eigenvalue weighted by atomic mass is 9.99. The first-order valence-electron chi connectivity index (χ1n) is 15.3. The predicted molar refractivity (Wildman–Crippen MR) is 188 cm³/mol. The quantitative estimate of drug-likeness (QED) is 0.174. The van der Waals surface area contributed by atoms with E-state index in [1.165, 1.54) is 11.1 Å². The molecule has 3 aliphatic heterocycles. The maximum absolute atomic E-state index is 10.1. The van der Waals surface area contributed by atoms with Crippen molar-refractivity contribution in [2.45, 2.75) is 24.3 Å². The highest BCUT2D eigenvalue weighted by Crippen LogP contribution is 2.28. The summed E-state index contributed by atoms with van der Waals surface area (Å²) >= 11 is 2.21. The van der Waals surface area contributed by atoms with E-state index in [2.05, 4.69) is 88.2 Å². The lowest BCUT2D eigenvalue weighted by Crippen LogP contribution is -2.46. The van der Waals surface area contributed by atoms with E-state index in [0.29, 0.717) is 54.5 Å². The minimum atomic E-state index is -0.873. The minimum Gasteiger partial charge on any atom is -0.379 e. The number of nitrogens with one attached hydrogen (secondary N) is 1. The number of carbonyl (C=O) groups excluding carboxylic acids is 1. The number of ketones is 1. The highest BCUT2D eigenvalue weighted by Gasteiger charge is 2.40. The Balaban J connectivity index is 0.000000149. The molecule has 5 aromatic rings. The zero-order chi connectivity index (χ0) is 34.2. The average molecular weight is 776 g/mol. The van der Waals surface area contributed by atoms with Gasteiger partial charge in [-0.25, -0.2) is 15.0 Å². The molecule has 0 spiro atoms. The molecule has 1 unspecified atom stereocenters. The molecule has 0 bridgehead atoms. The fourth-order valence-electron chi connectivity index (χ4n) is 4.28. The van der Waals surface area contributed by atoms with Crippen molar-refractivity contribution >= 4 is 37.6 Å². The lowest BCUT2D eigenvalue weighted by molar-refractivity contribution is -0.186. The van der Waals surface area contributed by atoms with Gasteiger partial charge in [-0.15, -0.1) is 9.18 Å². The molecule has 6 heterocycles. The second-order valence-corrected chi connectivity index (χ2v) is 11.9. The molecule has 3 saturated heterocycles. The van der Waals surface area contributed by atoms with Crippen LogP contribution in [0.5, 0.6) is 0 Å². The van der Waals surface area contributed by atoms with Gasteiger partial charge in [0.25, 0.3) is 0 Å². The largest absolute Gasteiger partial charge is 0.379 e. The van der Waals surface area contributed by atoms with Gasteiger partial charge in [-0.3, -0.25) is 4.79 Å². The fourth-order valence-corrected chi connectivity index (χ4v) is 4.77. The Morgan fingerprint density at radius 1 is 0.872 bits per heavy atom. The zero-order valence-electron chi connectivity index (χ0n) is 27.0. The van der Waals surface area contributed by atoms with Crippen molar-refractivity contribution in [1.29, 1.82) is 1.28 Å². The van der Waals surface area contributed by atoms with Crippen molar-refractivity contribution in [3.8, 4) is 0 Å². The van der Waals surface area contributed by atoms with Gasteiger partial charge in [0.2, 0.25) is 0 Å². The van der Waals surface area contributed by atoms with Crippen molar-refractivity contribution in [3.05, 3.63) is 124 Å². The Morgan fingerprint density at radius 3 is 1.77 bits per heavy atom. The number of halogens is 1. The van der Waals surface area contributed by atoms with Gasteiger partial charge in [0.15, 0.2) is 17.0 Å². The third-order valence-electron chi connectivity index (χ3n) is 7.02. The van der Waals surface area contributed by atoms with Crippen molar-refractivity contribution in [2.24, 2.45) is 0 Å². The van der Waals surface area contributed by atoms with E-state index in [0.717, 1.165) is 22.5 Å². The van der Waals surface area contributed by atoms with Crippen LogP contribution in [0.25, 0.3) is 0 Å². The number of rotatable bonds is 6. The standard InChI is InChI=1S/C13H14N2O2.C10H9IN2.C6H8N2O2.C3H4O2.CH5P/c16-13(8-17-9-13)12-7-15(10-14-12)6-11-4-2-1-3-5-11;11-10-7-13(8-12-10)6-9-4-2-1-3-5-9;9-6(2-10-3-6)5-1-7-4-8-5;4-3-1-5-2-3;1-2/h1-5,7,10,16H,6,8-9H2;1-5,7-8H,6H2;1,4,9H,2-3H2,(H,7,8);1-2H2;2H2,1H3/i;;;;2D. The van der Waals surface area contributed by atoms with Crippen molar-refractivity contribution < 1.29 is 29.2 Å². The number of ether oxygens (including phenoxy) is 3. The van der Waals surface area contributed by atoms with Gasteiger partial charge in [0, 0.05) is 25.5 Å². The molecule has 47 heavy (non-hydrogen) atoms. The Bertz CT molecular complexity index is 1630. The molecule has 12 nitrogen and oxygen atoms in total. The Morgan fingerprint density at radius 2 is 1.38 bits per heavy atom. The Hall–Kier alpha value is -3.30. The summed E-state index contributed by atoms with van der Waals surface area (Å²) in [6.07, 6.45) is 10.7. The monoisotopic (exact) mass is 775 g/mol. The topological polar surface area (TPSA) is 150 Å². The summed E-state index contributed by atoms with van der Waals surface area (Å²) in [5, 5.41) is 19.6. The van der Waals surface area contributed by atoms with Gasteiger partial charge in [0.05, 0.1) is 64.3 Å². The zero-order valence-corrected chi connectivity index (χ0v) is 29.2. The van der Waals surface area contributed by atoms with E-state index in [9.17, 15) is 15.0 Å². The molecule has 3 aliphatic rings. The number of imidazole rings is 3. The van der Waals surface area contributed by atoms with Crippen LogP contribution in [0.1, 0.15) is 22.5 Å². The molecule has 0 amide bonds. The third-order valence-corrected chi connectivity index (χ3v) is 7.57. The molecule has 250 valence electrons. The average Bonchev–Trinajstić information content (AvgIpc) is 3.84. The number of aliphatic hydroxyl groups is 2. The number of benzene rings is 2. The van der Waals surface area contributed by atoms with Crippen LogP contribution in [0.2, 0.25) is 0 Å². The van der Waals surface area contributed by atoms with Gasteiger partial charge in [0.1, 0.15) is 16.9 Å². The van der Waals surface area contributed by atoms with Gasteiger partial charge in [-0.2, -0.15) is 0 Å². The molecule has 2 aromatic carbocycles. The van der Waals surface area contributed by atoms with Gasteiger partial charge in [-0.05, 0) is 33.7 Å². The number of Topliss-reactive ketones (excluding diaryl/α,β-unsaturated/α-hetero) is 1. The van der Waals surface area contributed by atoms with Crippen LogP contribution in [0, 0.1) is 3.70 Å². The van der Waals surface area contributed by atoms with Crippen LogP contribution in [0.3, 0.4) is 0 Å². The van der Waals surface area contributed by atoms with E-state index in [-0.39, 0.29) is 5.78 Å². The van der Waals surface area contributed by atoms with E-state index in [1.54, 1.807) is 18.9 Å². The molecule has 3 fully saturated rings. The van der Waals surface area contributed by atoms with Crippen LogP contribution < -0.4 is 0 Å². The number of hydrogen-bond acceptors (Lipinski definition) is 9. The molecule has 0 aliphatic carbocycles. The second-order valence-electron chi connectivity index (χ2n) is 10.8. The van der Waals surface area contributed by atoms with Crippen molar-refractivity contribution in [1.82, 2.24) is 29.1 Å². The molecule has 0 saturated carbocycles. The van der Waals surface area contributed by atoms with Crippen LogP contribution >= 0.6 is 31.8 Å². The number of nitrogens with zero attached hydrogens (tertiary/aromatic N) is 5. The first-order valence-corrected chi connectivity index (χ1v) is 16.9. The summed E-state index contributed by atoms with van der Waals surface area (Å²) in [7, 11) is 0.333. The summed E-state index contributed by atoms with van der Waals surface area (Å²) in [6.45, 7) is 5.61. The minimum absolute atomic E-state index is 0.213. The number of H-pyrrole nitrogens is 1. The molecule has 0 radical (unpaired) electrons. The second kappa shape index (κ2) is 18.3. The molecular weight excluding hydrogens is 734 g/mol. The van der Waals surface area contributed by atoms with Gasteiger partial charge < -0.3 is 38.5 Å².